The fraction of sp³-hybridized carbons (Fsp3) is 0.0741. The molecule has 0 spiro atoms. The first-order valence-corrected chi connectivity index (χ1v) is 11.2. The van der Waals surface area contributed by atoms with E-state index in [0.29, 0.717) is 12.2 Å². The second-order valence-corrected chi connectivity index (χ2v) is 7.84. The molecular formula is C27H24N4O2S. The van der Waals surface area contributed by atoms with Crippen LogP contribution >= 0.6 is 12.2 Å². The summed E-state index contributed by atoms with van der Waals surface area (Å²) in [5.74, 6) is -0.343. The van der Waals surface area contributed by atoms with Crippen molar-refractivity contribution in [2.75, 3.05) is 6.61 Å². The van der Waals surface area contributed by atoms with Crippen LogP contribution in [0.3, 0.4) is 0 Å². The number of carbonyl (C=O) groups excluding carboxylic acids is 1. The number of rotatable bonds is 7. The van der Waals surface area contributed by atoms with E-state index in [1.54, 1.807) is 25.3 Å². The first-order valence-electron chi connectivity index (χ1n) is 10.8. The number of hydrogen-bond acceptors (Lipinski definition) is 4. The van der Waals surface area contributed by atoms with Gasteiger partial charge < -0.3 is 15.0 Å². The molecule has 0 saturated heterocycles. The van der Waals surface area contributed by atoms with Gasteiger partial charge in [0.1, 0.15) is 0 Å². The summed E-state index contributed by atoms with van der Waals surface area (Å²) in [5.41, 5.74) is 14.4. The molecule has 1 heterocycles. The van der Waals surface area contributed by atoms with Gasteiger partial charge in [0.15, 0.2) is 5.11 Å². The lowest BCUT2D eigenvalue weighted by Gasteiger charge is -2.15. The Hall–Kier alpha value is -4.23. The maximum atomic E-state index is 12.2. The van der Waals surface area contributed by atoms with Crippen molar-refractivity contribution in [1.29, 1.82) is 0 Å². The van der Waals surface area contributed by atoms with Crippen LogP contribution in [-0.2, 0) is 4.74 Å². The Kier molecular flexibility index (Phi) is 7.15. The summed E-state index contributed by atoms with van der Waals surface area (Å²) in [4.78, 5) is 12.2. The highest BCUT2D eigenvalue weighted by Crippen LogP contribution is 2.35. The number of ether oxygens (including phenoxy) is 1. The van der Waals surface area contributed by atoms with E-state index in [1.165, 1.54) is 0 Å². The molecular weight excluding hydrogens is 444 g/mol. The van der Waals surface area contributed by atoms with Gasteiger partial charge in [0.05, 0.1) is 29.8 Å². The van der Waals surface area contributed by atoms with Gasteiger partial charge in [-0.1, -0.05) is 60.7 Å². The summed E-state index contributed by atoms with van der Waals surface area (Å²) in [6.07, 6.45) is 1.71. The molecule has 7 heteroatoms. The number of nitrogens with one attached hydrogen (secondary N) is 1. The molecule has 3 N–H and O–H groups in total. The zero-order valence-electron chi connectivity index (χ0n) is 18.6. The fourth-order valence-electron chi connectivity index (χ4n) is 3.74. The Labute approximate surface area is 203 Å². The maximum Gasteiger partial charge on any atom is 0.338 e. The average Bonchev–Trinajstić information content (AvgIpc) is 3.24. The van der Waals surface area contributed by atoms with Crippen LogP contribution in [0.2, 0.25) is 0 Å². The largest absolute Gasteiger partial charge is 0.462 e. The van der Waals surface area contributed by atoms with Gasteiger partial charge in [0, 0.05) is 11.3 Å². The van der Waals surface area contributed by atoms with E-state index in [9.17, 15) is 4.79 Å². The van der Waals surface area contributed by atoms with Gasteiger partial charge in [-0.2, -0.15) is 5.10 Å². The molecule has 6 nitrogen and oxygen atoms in total. The third-order valence-electron chi connectivity index (χ3n) is 5.16. The van der Waals surface area contributed by atoms with Gasteiger partial charge in [-0.3, -0.25) is 5.43 Å². The van der Waals surface area contributed by atoms with E-state index in [0.717, 1.165) is 33.8 Å². The molecule has 34 heavy (non-hydrogen) atoms. The van der Waals surface area contributed by atoms with E-state index >= 15 is 0 Å². The second-order valence-electron chi connectivity index (χ2n) is 7.40. The number of thiocarbonyl (C=S) groups is 1. The third kappa shape index (κ3) is 5.05. The first kappa shape index (κ1) is 22.9. The average molecular weight is 469 g/mol. The van der Waals surface area contributed by atoms with E-state index in [2.05, 4.69) is 33.3 Å². The van der Waals surface area contributed by atoms with E-state index < -0.39 is 0 Å². The first-order chi connectivity index (χ1) is 16.6. The minimum atomic E-state index is -0.343. The quantitative estimate of drug-likeness (QED) is 0.170. The van der Waals surface area contributed by atoms with Gasteiger partial charge >= 0.3 is 5.97 Å². The third-order valence-corrected chi connectivity index (χ3v) is 5.25. The molecule has 0 aliphatic heterocycles. The van der Waals surface area contributed by atoms with Crippen LogP contribution < -0.4 is 11.2 Å². The summed E-state index contributed by atoms with van der Waals surface area (Å²) < 4.78 is 7.29. The molecule has 0 atom stereocenters. The van der Waals surface area contributed by atoms with E-state index in [1.807, 2.05) is 60.7 Å². The molecule has 0 aliphatic rings. The molecule has 1 aromatic heterocycles. The van der Waals surface area contributed by atoms with Crippen LogP contribution in [0, 0.1) is 0 Å². The van der Waals surface area contributed by atoms with E-state index in [4.69, 9.17) is 22.7 Å². The highest BCUT2D eigenvalue weighted by molar-refractivity contribution is 7.80. The molecule has 170 valence electrons. The van der Waals surface area contributed by atoms with Gasteiger partial charge in [0.25, 0.3) is 0 Å². The molecule has 0 amide bonds. The smallest absolute Gasteiger partial charge is 0.338 e. The van der Waals surface area contributed by atoms with Gasteiger partial charge in [0.2, 0.25) is 0 Å². The highest BCUT2D eigenvalue weighted by Gasteiger charge is 2.19. The van der Waals surface area contributed by atoms with Crippen LogP contribution in [0.4, 0.5) is 0 Å². The van der Waals surface area contributed by atoms with Crippen LogP contribution in [-0.4, -0.2) is 28.5 Å². The summed E-state index contributed by atoms with van der Waals surface area (Å²) in [7, 11) is 0. The zero-order chi connectivity index (χ0) is 23.9. The van der Waals surface area contributed by atoms with E-state index in [-0.39, 0.29) is 11.1 Å². The Morgan fingerprint density at radius 3 is 2.21 bits per heavy atom. The normalized spacial score (nSPS) is 10.9. The predicted octanol–water partition coefficient (Wildman–Crippen LogP) is 5.16. The monoisotopic (exact) mass is 468 g/mol. The van der Waals surface area contributed by atoms with Gasteiger partial charge in [-0.05, 0) is 60.6 Å². The van der Waals surface area contributed by atoms with Crippen LogP contribution in [0.1, 0.15) is 22.8 Å². The lowest BCUT2D eigenvalue weighted by molar-refractivity contribution is 0.0526. The Morgan fingerprint density at radius 2 is 1.62 bits per heavy atom. The Morgan fingerprint density at radius 1 is 1.00 bits per heavy atom. The molecule has 3 aromatic carbocycles. The highest BCUT2D eigenvalue weighted by atomic mass is 32.1. The standard InChI is InChI=1S/C27H24N4O2S/c1-2-33-26(32)21-13-15-23(16-14-21)31-24(19-9-5-3-6-10-19)17-22(18-29-30-27(28)34)25(31)20-11-7-4-8-12-20/h3-18H,2H2,1H3,(H3,28,30,34)/b29-18-. The van der Waals surface area contributed by atoms with Crippen molar-refractivity contribution >= 4 is 29.5 Å². The number of benzene rings is 3. The number of esters is 1. The van der Waals surface area contributed by atoms with Crippen LogP contribution in [0.25, 0.3) is 28.2 Å². The molecule has 0 fully saturated rings. The summed E-state index contributed by atoms with van der Waals surface area (Å²) >= 11 is 4.88. The minimum absolute atomic E-state index is 0.0924. The SMILES string of the molecule is CCOC(=O)c1ccc(-n2c(-c3ccccc3)cc(/C=N\NC(N)=S)c2-c2ccccc2)cc1. The number of hydrazone groups is 1. The van der Waals surface area contributed by atoms with Crippen molar-refractivity contribution in [3.63, 3.8) is 0 Å². The van der Waals surface area contributed by atoms with Crippen molar-refractivity contribution in [2.24, 2.45) is 10.8 Å². The summed E-state index contributed by atoms with van der Waals surface area (Å²) in [6, 6.07) is 29.6. The summed E-state index contributed by atoms with van der Waals surface area (Å²) in [5, 5.41) is 4.30. The van der Waals surface area contributed by atoms with Crippen molar-refractivity contribution in [2.45, 2.75) is 6.92 Å². The zero-order valence-corrected chi connectivity index (χ0v) is 19.5. The molecule has 0 bridgehead atoms. The number of nitrogens with zero attached hydrogens (tertiary/aromatic N) is 2. The lowest BCUT2D eigenvalue weighted by Crippen LogP contribution is -2.24. The van der Waals surface area contributed by atoms with Crippen molar-refractivity contribution < 1.29 is 9.53 Å². The molecule has 0 unspecified atom stereocenters. The predicted molar refractivity (Wildman–Crippen MR) is 140 cm³/mol. The number of hydrogen-bond donors (Lipinski definition) is 2. The van der Waals surface area contributed by atoms with Crippen LogP contribution in [0.5, 0.6) is 0 Å². The molecule has 0 saturated carbocycles. The lowest BCUT2D eigenvalue weighted by atomic mass is 10.1. The van der Waals surface area contributed by atoms with Crippen LogP contribution in [0.15, 0.2) is 96.1 Å². The molecule has 0 radical (unpaired) electrons. The summed E-state index contributed by atoms with van der Waals surface area (Å²) in [6.45, 7) is 2.12. The Bertz CT molecular complexity index is 1310. The topological polar surface area (TPSA) is 81.6 Å². The molecule has 0 aliphatic carbocycles. The fourth-order valence-corrected chi connectivity index (χ4v) is 3.79. The number of carbonyl (C=O) groups is 1. The maximum absolute atomic E-state index is 12.2. The Balaban J connectivity index is 1.94. The van der Waals surface area contributed by atoms with Gasteiger partial charge in [-0.25, -0.2) is 4.79 Å². The van der Waals surface area contributed by atoms with Gasteiger partial charge in [-0.15, -0.1) is 0 Å². The molecule has 4 aromatic rings. The number of nitrogens with two attached hydrogens (primary N) is 1. The van der Waals surface area contributed by atoms with Crippen molar-refractivity contribution in [3.05, 3.63) is 102 Å². The number of aromatic nitrogens is 1. The minimum Gasteiger partial charge on any atom is -0.462 e. The second kappa shape index (κ2) is 10.6. The van der Waals surface area contributed by atoms with Crippen molar-refractivity contribution in [1.82, 2.24) is 9.99 Å². The van der Waals surface area contributed by atoms with Crippen molar-refractivity contribution in [3.8, 4) is 28.2 Å². The molecule has 4 rings (SSSR count).